The molecule has 0 saturated carbocycles. The predicted octanol–water partition coefficient (Wildman–Crippen LogP) is 8.13. The van der Waals surface area contributed by atoms with Gasteiger partial charge in [0, 0.05) is 63.5 Å². The van der Waals surface area contributed by atoms with Crippen molar-refractivity contribution >= 4 is 94.8 Å². The fourth-order valence-corrected chi connectivity index (χ4v) is 17.3. The molecule has 0 radical (unpaired) electrons. The van der Waals surface area contributed by atoms with Crippen LogP contribution in [-0.4, -0.2) is 269 Å². The van der Waals surface area contributed by atoms with Crippen molar-refractivity contribution in [2.75, 3.05) is 32.8 Å². The highest BCUT2D eigenvalue weighted by Crippen LogP contribution is 2.27. The van der Waals surface area contributed by atoms with Gasteiger partial charge in [-0.3, -0.25) is 71.9 Å². The maximum atomic E-state index is 14.7. The molecule has 2 aliphatic rings. The number of carbonyl (C=O) groups is 16. The average Bonchev–Trinajstić information content (AvgIpc) is 0.931. The van der Waals surface area contributed by atoms with Crippen molar-refractivity contribution in [2.45, 2.75) is 442 Å². The fourth-order valence-electron chi connectivity index (χ4n) is 17.3. The third kappa shape index (κ3) is 50.2. The molecule has 40 heteroatoms. The number of nitrogens with zero attached hydrogens (tertiary/aromatic N) is 2. The van der Waals surface area contributed by atoms with Crippen molar-refractivity contribution in [3.63, 3.8) is 0 Å². The number of aliphatic hydroxyl groups excluding tert-OH is 3. The minimum atomic E-state index is -1.90. The van der Waals surface area contributed by atoms with E-state index in [9.17, 15) is 112 Å². The number of aromatic hydroxyl groups is 1. The van der Waals surface area contributed by atoms with Crippen molar-refractivity contribution in [1.29, 1.82) is 0 Å². The molecule has 2 saturated heterocycles. The normalized spacial score (nSPS) is 17.8. The highest BCUT2D eigenvalue weighted by Gasteiger charge is 2.48. The highest BCUT2D eigenvalue weighted by molar-refractivity contribution is 5.99. The molecular formula is C102H170N14O26. The van der Waals surface area contributed by atoms with Crippen molar-refractivity contribution in [1.82, 2.24) is 73.4 Å². The molecule has 0 bridgehead atoms. The summed E-state index contributed by atoms with van der Waals surface area (Å²) in [5.41, 5.74) is 0.855. The summed E-state index contributed by atoms with van der Waals surface area (Å²) < 4.78 is 18.1. The van der Waals surface area contributed by atoms with Gasteiger partial charge in [0.25, 0.3) is 0 Å². The zero-order valence-corrected chi connectivity index (χ0v) is 85.5. The van der Waals surface area contributed by atoms with Crippen LogP contribution in [0, 0.1) is 17.8 Å². The summed E-state index contributed by atoms with van der Waals surface area (Å²) >= 11 is 0. The van der Waals surface area contributed by atoms with E-state index >= 15 is 0 Å². The SMILES string of the molecule is CCCCCCCCCCCCCC(=O)N[C@@H](CO[C@@H]1O[C@H](CO)[C@@H](O)[C@H](O)[C@H]1NC(=O)C[C@@H](CCCCCCCCCCC)OC(=O)CCCCCCCCCCCCC)C(=O)NCCC(=O)N[C@@H](CCC(=O)O)C(=O)N[C@H](C(=O)N[C@@H](CC(=O)O)C(=O)N1CCC[C@H]1C(=O)N[C@H](C(=O)NCC(=O)N[C@@H](Cc1cnc[nH]1)C(=O)N[C@@H](CC(C)C)C(=O)N[C@@H](Cc1ccc(O)cc1)C(=O)O)[C@@H](C)CC)C(C)C. The molecule has 3 heterocycles. The number of carboxylic acid groups (broad SMARTS) is 3. The predicted molar refractivity (Wildman–Crippen MR) is 530 cm³/mol. The Morgan fingerprint density at radius 2 is 1.03 bits per heavy atom. The Hall–Kier alpha value is -10.5. The second-order valence-electron chi connectivity index (χ2n) is 38.9. The largest absolute Gasteiger partial charge is 0.508 e. The first kappa shape index (κ1) is 124. The Kier molecular flexibility index (Phi) is 62.0. The Balaban J connectivity index is 1.49. The first-order valence-electron chi connectivity index (χ1n) is 52.3. The van der Waals surface area contributed by atoms with E-state index in [0.29, 0.717) is 43.4 Å². The third-order valence-electron chi connectivity index (χ3n) is 25.8. The standard InChI is InChI=1S/C102H170N14O26/c1-10-14-17-20-23-26-28-31-34-37-40-45-81(119)109-78(64-140-102-90(92(129)91(128)80(63-117)142-102)113-83(121)59-72(43-39-36-33-30-25-22-19-16-12-3)141-87(127)46-41-38-35-32-29-27-24-21-18-15-11-2)93(130)104-54-53-82(120)107-73(51-52-85(123)124)94(131)114-88(67(7)8)99(136)111-76(60-86(125)126)100(137)116-55-42-44-79(116)97(134)115-89(68(9)13-4)98(135)105-62-84(122)108-75(58-70-61-103-65-106-70)96(133)110-74(56-66(5)6)95(132)112-77(101(138)139)57-69-47-49-71(118)50-48-69/h47-50,61,65-68,72-80,88-92,102,117-118,128-129H,10-46,51-60,62-64H2,1-9H3,(H,103,106)(H,104,130)(H,105,135)(H,107,120)(H,108,122)(H,109,119)(H,110,133)(H,111,136)(H,112,132)(H,113,121)(H,114,131)(H,115,134)(H,123,124)(H,125,126)(H,138,139)/t68-,72+,73-,74-,75-,76-,77-,78-,79-,80+,88-,89-,90+,91+,92+,102+/m0/s1. The summed E-state index contributed by atoms with van der Waals surface area (Å²) in [6.45, 7) is 13.4. The second-order valence-corrected chi connectivity index (χ2v) is 38.9. The molecule has 0 spiro atoms. The first-order chi connectivity index (χ1) is 67.9. The number of esters is 1. The van der Waals surface area contributed by atoms with Crippen molar-refractivity contribution in [3.8, 4) is 5.75 Å². The van der Waals surface area contributed by atoms with Crippen molar-refractivity contribution < 1.29 is 127 Å². The topological polar surface area (TPSA) is 607 Å². The number of phenols is 1. The summed E-state index contributed by atoms with van der Waals surface area (Å²) in [6, 6.07) is -9.56. The van der Waals surface area contributed by atoms with E-state index in [1.807, 2.05) is 0 Å². The number of benzene rings is 1. The monoisotopic (exact) mass is 2010 g/mol. The number of phenolic OH excluding ortho intramolecular Hbond substituents is 1. The van der Waals surface area contributed by atoms with Crippen molar-refractivity contribution in [3.05, 3.63) is 48.0 Å². The number of carbonyl (C=O) groups excluding carboxylic acids is 13. The number of aliphatic carboxylic acids is 3. The number of ether oxygens (including phenoxy) is 3. The van der Waals surface area contributed by atoms with Gasteiger partial charge in [-0.15, -0.1) is 0 Å². The van der Waals surface area contributed by atoms with E-state index in [2.05, 4.69) is 89.2 Å². The quantitative estimate of drug-likeness (QED) is 0.0219. The molecule has 142 heavy (non-hydrogen) atoms. The summed E-state index contributed by atoms with van der Waals surface area (Å²) in [5, 5.41) is 101. The van der Waals surface area contributed by atoms with E-state index in [1.54, 1.807) is 27.7 Å². The molecular weight excluding hydrogens is 1840 g/mol. The highest BCUT2D eigenvalue weighted by atomic mass is 16.7. The molecule has 19 N–H and O–H groups in total. The van der Waals surface area contributed by atoms with Crippen LogP contribution < -0.4 is 58.5 Å². The number of aromatic amines is 1. The lowest BCUT2D eigenvalue weighted by molar-refractivity contribution is -0.271. The van der Waals surface area contributed by atoms with Gasteiger partial charge in [-0.2, -0.15) is 0 Å². The molecule has 2 aromatic rings. The van der Waals surface area contributed by atoms with Crippen LogP contribution in [0.5, 0.6) is 5.75 Å². The number of hydrogen-bond donors (Lipinski definition) is 19. The minimum absolute atomic E-state index is 0.00819. The number of aromatic nitrogens is 2. The second kappa shape index (κ2) is 71.1. The number of H-pyrrole nitrogens is 1. The number of nitrogens with one attached hydrogen (secondary N) is 12. The Labute approximate surface area is 837 Å². The fraction of sp³-hybridized carbons (Fsp3) is 0.755. The molecule has 40 nitrogen and oxygen atoms in total. The molecule has 4 rings (SSSR count). The van der Waals surface area contributed by atoms with Crippen LogP contribution in [0.2, 0.25) is 0 Å². The molecule has 12 amide bonds. The zero-order chi connectivity index (χ0) is 105. The smallest absolute Gasteiger partial charge is 0.326 e. The molecule has 1 aromatic heterocycles. The molecule has 2 aliphatic heterocycles. The van der Waals surface area contributed by atoms with Crippen LogP contribution >= 0.6 is 0 Å². The van der Waals surface area contributed by atoms with Gasteiger partial charge in [-0.05, 0) is 86.8 Å². The number of rotatable bonds is 78. The maximum Gasteiger partial charge on any atom is 0.326 e. The van der Waals surface area contributed by atoms with E-state index < -0.39 is 250 Å². The molecule has 0 aliphatic carbocycles. The van der Waals surface area contributed by atoms with Gasteiger partial charge in [0.1, 0.15) is 90.6 Å². The zero-order valence-electron chi connectivity index (χ0n) is 85.5. The number of hydrogen-bond acceptors (Lipinski definition) is 24. The number of amides is 12. The number of carboxylic acids is 3. The number of likely N-dealkylation sites (tertiary alicyclic amines) is 1. The summed E-state index contributed by atoms with van der Waals surface area (Å²) in [6.07, 6.45) is 24.7. The molecule has 2 fully saturated rings. The van der Waals surface area contributed by atoms with Gasteiger partial charge in [0.05, 0.1) is 38.9 Å². The van der Waals surface area contributed by atoms with Crippen molar-refractivity contribution in [2.24, 2.45) is 17.8 Å². The number of unbranched alkanes of at least 4 members (excludes halogenated alkanes) is 28. The lowest BCUT2D eigenvalue weighted by atomic mass is 9.96. The van der Waals surface area contributed by atoms with Crippen LogP contribution in [0.4, 0.5) is 0 Å². The van der Waals surface area contributed by atoms with Crippen LogP contribution in [0.25, 0.3) is 0 Å². The Bertz CT molecular complexity index is 4110. The number of imidazole rings is 1. The lowest BCUT2D eigenvalue weighted by Gasteiger charge is -2.42. The number of aliphatic hydroxyl groups is 3. The minimum Gasteiger partial charge on any atom is -0.508 e. The van der Waals surface area contributed by atoms with Gasteiger partial charge in [0.2, 0.25) is 70.9 Å². The third-order valence-corrected chi connectivity index (χ3v) is 25.8. The van der Waals surface area contributed by atoms with E-state index in [1.165, 1.54) is 121 Å². The van der Waals surface area contributed by atoms with Gasteiger partial charge < -0.3 is 118 Å². The average molecular weight is 2010 g/mol. The van der Waals surface area contributed by atoms with E-state index in [4.69, 9.17) is 14.2 Å². The summed E-state index contributed by atoms with van der Waals surface area (Å²) in [5.74, 6) is -17.3. The van der Waals surface area contributed by atoms with E-state index in [0.717, 1.165) is 108 Å². The molecule has 0 unspecified atom stereocenters. The molecule has 804 valence electrons. The van der Waals surface area contributed by atoms with Crippen LogP contribution in [0.15, 0.2) is 36.8 Å². The van der Waals surface area contributed by atoms with Gasteiger partial charge >= 0.3 is 23.9 Å². The Morgan fingerprint density at radius 3 is 1.56 bits per heavy atom. The lowest BCUT2D eigenvalue weighted by Crippen LogP contribution is -2.65. The molecule has 16 atom stereocenters. The summed E-state index contributed by atoms with van der Waals surface area (Å²) in [4.78, 5) is 229. The Morgan fingerprint density at radius 1 is 0.500 bits per heavy atom. The summed E-state index contributed by atoms with van der Waals surface area (Å²) in [7, 11) is 0. The van der Waals surface area contributed by atoms with Crippen LogP contribution in [0.1, 0.15) is 350 Å². The maximum absolute atomic E-state index is 14.7. The van der Waals surface area contributed by atoms with E-state index in [-0.39, 0.29) is 76.0 Å². The molecule has 1 aromatic carbocycles. The van der Waals surface area contributed by atoms with Gasteiger partial charge in [-0.25, -0.2) is 9.78 Å². The van der Waals surface area contributed by atoms with Gasteiger partial charge in [0.15, 0.2) is 6.29 Å². The van der Waals surface area contributed by atoms with Crippen LogP contribution in [0.3, 0.4) is 0 Å². The van der Waals surface area contributed by atoms with Gasteiger partial charge in [-0.1, -0.05) is 261 Å². The first-order valence-corrected chi connectivity index (χ1v) is 52.3. The van der Waals surface area contributed by atoms with Crippen LogP contribution in [-0.2, 0) is 104 Å².